The van der Waals surface area contributed by atoms with Gasteiger partial charge in [-0.1, -0.05) is 17.3 Å². The highest BCUT2D eigenvalue weighted by molar-refractivity contribution is 5.89. The van der Waals surface area contributed by atoms with Gasteiger partial charge in [0.2, 0.25) is 5.69 Å². The number of rotatable bonds is 7. The van der Waals surface area contributed by atoms with Crippen LogP contribution in [0.4, 0.5) is 0 Å². The maximum absolute atomic E-state index is 12.4. The standard InChI is InChI=1S/C21H21N3O6/c1-3-27-21(25)19-20(30-16-8-9-17-18(12-16)29-11-10-28-17)24(23-22-19)13-14-4-6-15(26-2)7-5-14/h4-9,12H,3,10-11,13H2,1-2H3. The molecule has 2 heterocycles. The molecule has 0 fully saturated rings. The summed E-state index contributed by atoms with van der Waals surface area (Å²) >= 11 is 0. The molecular formula is C21H21N3O6. The van der Waals surface area contributed by atoms with E-state index in [1.807, 2.05) is 24.3 Å². The molecule has 0 spiro atoms. The molecule has 1 aliphatic rings. The number of carbonyl (C=O) groups is 1. The topological polar surface area (TPSA) is 93.9 Å². The molecule has 4 rings (SSSR count). The molecule has 3 aromatic rings. The van der Waals surface area contributed by atoms with Gasteiger partial charge < -0.3 is 23.7 Å². The van der Waals surface area contributed by atoms with Gasteiger partial charge in [0.15, 0.2) is 11.5 Å². The number of fused-ring (bicyclic) bond motifs is 1. The minimum atomic E-state index is -0.606. The number of methoxy groups -OCH3 is 1. The lowest BCUT2D eigenvalue weighted by molar-refractivity contribution is 0.0516. The van der Waals surface area contributed by atoms with Crippen molar-refractivity contribution in [3.63, 3.8) is 0 Å². The van der Waals surface area contributed by atoms with Crippen LogP contribution in [0.25, 0.3) is 0 Å². The third-order valence-corrected chi connectivity index (χ3v) is 4.38. The van der Waals surface area contributed by atoms with Gasteiger partial charge in [0, 0.05) is 6.07 Å². The third kappa shape index (κ3) is 4.14. The second-order valence-electron chi connectivity index (χ2n) is 6.38. The number of carbonyl (C=O) groups excluding carboxylic acids is 1. The van der Waals surface area contributed by atoms with Gasteiger partial charge >= 0.3 is 5.97 Å². The van der Waals surface area contributed by atoms with Crippen LogP contribution in [0.15, 0.2) is 42.5 Å². The van der Waals surface area contributed by atoms with Crippen molar-refractivity contribution in [1.82, 2.24) is 15.0 Å². The molecule has 156 valence electrons. The first-order valence-corrected chi connectivity index (χ1v) is 9.49. The zero-order valence-corrected chi connectivity index (χ0v) is 16.7. The van der Waals surface area contributed by atoms with E-state index in [2.05, 4.69) is 10.3 Å². The van der Waals surface area contributed by atoms with Gasteiger partial charge in [-0.3, -0.25) is 0 Å². The lowest BCUT2D eigenvalue weighted by Gasteiger charge is -2.19. The number of aromatic nitrogens is 3. The van der Waals surface area contributed by atoms with Gasteiger partial charge in [-0.15, -0.1) is 5.10 Å². The summed E-state index contributed by atoms with van der Waals surface area (Å²) in [4.78, 5) is 12.4. The number of benzene rings is 2. The van der Waals surface area contributed by atoms with Crippen LogP contribution in [-0.4, -0.2) is 47.9 Å². The highest BCUT2D eigenvalue weighted by Crippen LogP contribution is 2.36. The molecule has 0 bridgehead atoms. The molecule has 0 radical (unpaired) electrons. The van der Waals surface area contributed by atoms with Crippen LogP contribution in [0.5, 0.6) is 28.9 Å². The number of ether oxygens (including phenoxy) is 5. The average molecular weight is 411 g/mol. The summed E-state index contributed by atoms with van der Waals surface area (Å²) in [6.07, 6.45) is 0. The highest BCUT2D eigenvalue weighted by atomic mass is 16.6. The summed E-state index contributed by atoms with van der Waals surface area (Å²) in [5, 5.41) is 8.08. The molecule has 1 aromatic heterocycles. The van der Waals surface area contributed by atoms with Gasteiger partial charge in [-0.05, 0) is 36.8 Å². The van der Waals surface area contributed by atoms with Gasteiger partial charge in [-0.25, -0.2) is 9.48 Å². The van der Waals surface area contributed by atoms with Gasteiger partial charge in [-0.2, -0.15) is 0 Å². The van der Waals surface area contributed by atoms with Gasteiger partial charge in [0.25, 0.3) is 5.88 Å². The Morgan fingerprint density at radius 2 is 1.80 bits per heavy atom. The Labute approximate surface area is 173 Å². The zero-order valence-electron chi connectivity index (χ0n) is 16.7. The molecule has 9 heteroatoms. The second kappa shape index (κ2) is 8.73. The molecule has 2 aromatic carbocycles. The number of esters is 1. The SMILES string of the molecule is CCOC(=O)c1nnn(Cc2ccc(OC)cc2)c1Oc1ccc2c(c1)OCCO2. The number of hydrogen-bond donors (Lipinski definition) is 0. The van der Waals surface area contributed by atoms with Crippen LogP contribution < -0.4 is 18.9 Å². The summed E-state index contributed by atoms with van der Waals surface area (Å²) < 4.78 is 28.9. The summed E-state index contributed by atoms with van der Waals surface area (Å²) in [6, 6.07) is 12.7. The zero-order chi connectivity index (χ0) is 20.9. The highest BCUT2D eigenvalue weighted by Gasteiger charge is 2.24. The van der Waals surface area contributed by atoms with E-state index in [0.29, 0.717) is 37.0 Å². The predicted octanol–water partition coefficient (Wildman–Crippen LogP) is 3.08. The van der Waals surface area contributed by atoms with Crippen LogP contribution in [0.3, 0.4) is 0 Å². The summed E-state index contributed by atoms with van der Waals surface area (Å²) in [5.41, 5.74) is 0.934. The Morgan fingerprint density at radius 1 is 1.07 bits per heavy atom. The van der Waals surface area contributed by atoms with Crippen molar-refractivity contribution in [2.75, 3.05) is 26.9 Å². The van der Waals surface area contributed by atoms with Gasteiger partial charge in [0.05, 0.1) is 20.3 Å². The maximum atomic E-state index is 12.4. The fourth-order valence-corrected chi connectivity index (χ4v) is 2.94. The van der Waals surface area contributed by atoms with Crippen LogP contribution >= 0.6 is 0 Å². The van der Waals surface area contributed by atoms with Crippen molar-refractivity contribution in [2.45, 2.75) is 13.5 Å². The fourth-order valence-electron chi connectivity index (χ4n) is 2.94. The molecule has 1 aliphatic heterocycles. The normalized spacial score (nSPS) is 12.3. The Hall–Kier alpha value is -3.75. The molecule has 0 aliphatic carbocycles. The Morgan fingerprint density at radius 3 is 2.53 bits per heavy atom. The largest absolute Gasteiger partial charge is 0.497 e. The molecule has 0 amide bonds. The minimum Gasteiger partial charge on any atom is -0.497 e. The van der Waals surface area contributed by atoms with Crippen molar-refractivity contribution in [2.24, 2.45) is 0 Å². The van der Waals surface area contributed by atoms with Crippen molar-refractivity contribution in [3.8, 4) is 28.9 Å². The Kier molecular flexibility index (Phi) is 5.69. The van der Waals surface area contributed by atoms with E-state index in [1.54, 1.807) is 32.2 Å². The number of nitrogens with zero attached hydrogens (tertiary/aromatic N) is 3. The molecule has 0 unspecified atom stereocenters. The first-order chi connectivity index (χ1) is 14.7. The van der Waals surface area contributed by atoms with Crippen molar-refractivity contribution in [1.29, 1.82) is 0 Å². The van der Waals surface area contributed by atoms with Crippen LogP contribution in [-0.2, 0) is 11.3 Å². The van der Waals surface area contributed by atoms with Crippen molar-refractivity contribution < 1.29 is 28.5 Å². The lowest BCUT2D eigenvalue weighted by atomic mass is 10.2. The van der Waals surface area contributed by atoms with Crippen LogP contribution in [0.2, 0.25) is 0 Å². The van der Waals surface area contributed by atoms with Crippen LogP contribution in [0, 0.1) is 0 Å². The van der Waals surface area contributed by atoms with E-state index >= 15 is 0 Å². The fraction of sp³-hybridized carbons (Fsp3) is 0.286. The first-order valence-electron chi connectivity index (χ1n) is 9.49. The van der Waals surface area contributed by atoms with E-state index < -0.39 is 5.97 Å². The summed E-state index contributed by atoms with van der Waals surface area (Å²) in [5.74, 6) is 2.00. The summed E-state index contributed by atoms with van der Waals surface area (Å²) in [7, 11) is 1.61. The molecule has 0 atom stereocenters. The lowest BCUT2D eigenvalue weighted by Crippen LogP contribution is -2.15. The summed E-state index contributed by atoms with van der Waals surface area (Å²) in [6.45, 7) is 3.24. The first kappa shape index (κ1) is 19.6. The molecule has 0 N–H and O–H groups in total. The maximum Gasteiger partial charge on any atom is 0.364 e. The predicted molar refractivity (Wildman–Crippen MR) is 106 cm³/mol. The van der Waals surface area contributed by atoms with E-state index in [-0.39, 0.29) is 18.2 Å². The molecule has 9 nitrogen and oxygen atoms in total. The van der Waals surface area contributed by atoms with E-state index in [4.69, 9.17) is 23.7 Å². The van der Waals surface area contributed by atoms with E-state index in [1.165, 1.54) is 4.68 Å². The quantitative estimate of drug-likeness (QED) is 0.548. The van der Waals surface area contributed by atoms with Gasteiger partial charge in [0.1, 0.15) is 24.7 Å². The minimum absolute atomic E-state index is 0.000232. The monoisotopic (exact) mass is 411 g/mol. The Balaban J connectivity index is 1.64. The molecule has 0 saturated carbocycles. The van der Waals surface area contributed by atoms with Crippen molar-refractivity contribution >= 4 is 5.97 Å². The van der Waals surface area contributed by atoms with Crippen molar-refractivity contribution in [3.05, 3.63) is 53.7 Å². The van der Waals surface area contributed by atoms with E-state index in [0.717, 1.165) is 11.3 Å². The van der Waals surface area contributed by atoms with Crippen LogP contribution in [0.1, 0.15) is 23.0 Å². The smallest absolute Gasteiger partial charge is 0.364 e. The third-order valence-electron chi connectivity index (χ3n) is 4.38. The second-order valence-corrected chi connectivity index (χ2v) is 6.38. The Bertz CT molecular complexity index is 1030. The average Bonchev–Trinajstić information content (AvgIpc) is 3.16. The van der Waals surface area contributed by atoms with E-state index in [9.17, 15) is 4.79 Å². The molecule has 0 saturated heterocycles. The molecular weight excluding hydrogens is 390 g/mol. The number of hydrogen-bond acceptors (Lipinski definition) is 8. The molecule has 30 heavy (non-hydrogen) atoms.